The quantitative estimate of drug-likeness (QED) is 0.768. The lowest BCUT2D eigenvalue weighted by Gasteiger charge is -2.33. The predicted molar refractivity (Wildman–Crippen MR) is 94.2 cm³/mol. The first-order chi connectivity index (χ1) is 11.6. The predicted octanol–water partition coefficient (Wildman–Crippen LogP) is 2.42. The number of amides is 3. The Balaban J connectivity index is 1.87. The molecular formula is C18H22N2O3S. The summed E-state index contributed by atoms with van der Waals surface area (Å²) in [5.74, 6) is -0.0325. The second kappa shape index (κ2) is 7.38. The maximum atomic E-state index is 13.0. The van der Waals surface area contributed by atoms with Gasteiger partial charge in [0.25, 0.3) is 11.8 Å². The molecule has 0 bridgehead atoms. The van der Waals surface area contributed by atoms with Gasteiger partial charge in [-0.3, -0.25) is 19.3 Å². The monoisotopic (exact) mass is 346 g/mol. The van der Waals surface area contributed by atoms with Crippen molar-refractivity contribution in [1.82, 2.24) is 9.80 Å². The second-order valence-electron chi connectivity index (χ2n) is 6.21. The molecule has 1 aromatic carbocycles. The van der Waals surface area contributed by atoms with Crippen LogP contribution in [-0.2, 0) is 4.79 Å². The van der Waals surface area contributed by atoms with Crippen molar-refractivity contribution in [3.63, 3.8) is 0 Å². The molecule has 0 spiro atoms. The van der Waals surface area contributed by atoms with Crippen LogP contribution < -0.4 is 0 Å². The molecule has 2 aliphatic rings. The van der Waals surface area contributed by atoms with Crippen LogP contribution in [0.3, 0.4) is 0 Å². The number of rotatable bonds is 5. The van der Waals surface area contributed by atoms with E-state index in [0.717, 1.165) is 38.1 Å². The molecule has 0 radical (unpaired) electrons. The molecule has 6 heteroatoms. The van der Waals surface area contributed by atoms with Crippen LogP contribution in [0, 0.1) is 0 Å². The van der Waals surface area contributed by atoms with Crippen LogP contribution in [-0.4, -0.2) is 58.7 Å². The van der Waals surface area contributed by atoms with Crippen LogP contribution in [0.4, 0.5) is 0 Å². The summed E-state index contributed by atoms with van der Waals surface area (Å²) in [6, 6.07) is 6.12. The first-order valence-electron chi connectivity index (χ1n) is 8.40. The molecule has 1 saturated heterocycles. The minimum atomic E-state index is -0.692. The van der Waals surface area contributed by atoms with Gasteiger partial charge < -0.3 is 4.90 Å². The van der Waals surface area contributed by atoms with Crippen molar-refractivity contribution >= 4 is 29.5 Å². The number of hydrogen-bond acceptors (Lipinski definition) is 4. The summed E-state index contributed by atoms with van der Waals surface area (Å²) in [5.41, 5.74) is 0.811. The van der Waals surface area contributed by atoms with Crippen molar-refractivity contribution in [2.75, 3.05) is 25.1 Å². The van der Waals surface area contributed by atoms with E-state index in [-0.39, 0.29) is 17.7 Å². The fourth-order valence-electron chi connectivity index (χ4n) is 3.41. The Labute approximate surface area is 146 Å². The van der Waals surface area contributed by atoms with E-state index in [1.165, 1.54) is 4.90 Å². The van der Waals surface area contributed by atoms with Crippen molar-refractivity contribution in [3.05, 3.63) is 35.4 Å². The maximum Gasteiger partial charge on any atom is 0.262 e. The SMILES string of the molecule is CSCCC(C(=O)N1CCCCC1)N1C(=O)c2ccccc2C1=O. The zero-order chi connectivity index (χ0) is 17.1. The molecule has 1 aromatic rings. The highest BCUT2D eigenvalue weighted by Crippen LogP contribution is 2.27. The number of thioether (sulfide) groups is 1. The molecule has 0 aromatic heterocycles. The summed E-state index contributed by atoms with van der Waals surface area (Å²) >= 11 is 1.62. The maximum absolute atomic E-state index is 13.0. The van der Waals surface area contributed by atoms with Crippen LogP contribution in [0.25, 0.3) is 0 Å². The van der Waals surface area contributed by atoms with Crippen LogP contribution >= 0.6 is 11.8 Å². The van der Waals surface area contributed by atoms with Crippen LogP contribution in [0.15, 0.2) is 24.3 Å². The first kappa shape index (κ1) is 17.0. The topological polar surface area (TPSA) is 57.7 Å². The minimum Gasteiger partial charge on any atom is -0.341 e. The molecule has 1 unspecified atom stereocenters. The molecule has 3 amide bonds. The van der Waals surface area contributed by atoms with Gasteiger partial charge >= 0.3 is 0 Å². The highest BCUT2D eigenvalue weighted by atomic mass is 32.2. The number of carbonyl (C=O) groups excluding carboxylic acids is 3. The van der Waals surface area contributed by atoms with E-state index >= 15 is 0 Å². The number of carbonyl (C=O) groups is 3. The number of nitrogens with zero attached hydrogens (tertiary/aromatic N) is 2. The zero-order valence-electron chi connectivity index (χ0n) is 13.9. The number of benzene rings is 1. The molecule has 0 saturated carbocycles. The third-order valence-electron chi connectivity index (χ3n) is 4.69. The average molecular weight is 346 g/mol. The lowest BCUT2D eigenvalue weighted by atomic mass is 10.1. The van der Waals surface area contributed by atoms with Gasteiger partial charge in [-0.25, -0.2) is 0 Å². The van der Waals surface area contributed by atoms with E-state index in [4.69, 9.17) is 0 Å². The van der Waals surface area contributed by atoms with Crippen molar-refractivity contribution in [3.8, 4) is 0 Å². The fraction of sp³-hybridized carbons (Fsp3) is 0.500. The number of piperidine rings is 1. The summed E-state index contributed by atoms with van der Waals surface area (Å²) in [6.07, 6.45) is 5.57. The third-order valence-corrected chi connectivity index (χ3v) is 5.33. The van der Waals surface area contributed by atoms with Gasteiger partial charge in [-0.1, -0.05) is 12.1 Å². The van der Waals surface area contributed by atoms with Gasteiger partial charge in [-0.15, -0.1) is 0 Å². The van der Waals surface area contributed by atoms with Gasteiger partial charge in [0.15, 0.2) is 0 Å². The Hall–Kier alpha value is -1.82. The summed E-state index contributed by atoms with van der Waals surface area (Å²) in [7, 11) is 0. The lowest BCUT2D eigenvalue weighted by Crippen LogP contribution is -2.52. The van der Waals surface area contributed by atoms with Gasteiger partial charge in [-0.05, 0) is 49.8 Å². The smallest absolute Gasteiger partial charge is 0.262 e. The van der Waals surface area contributed by atoms with Gasteiger partial charge in [-0.2, -0.15) is 11.8 Å². The first-order valence-corrected chi connectivity index (χ1v) is 9.79. The van der Waals surface area contributed by atoms with Gasteiger partial charge in [0, 0.05) is 13.1 Å². The zero-order valence-corrected chi connectivity index (χ0v) is 14.7. The van der Waals surface area contributed by atoms with Crippen molar-refractivity contribution in [2.24, 2.45) is 0 Å². The van der Waals surface area contributed by atoms with Gasteiger partial charge in [0.1, 0.15) is 6.04 Å². The number of hydrogen-bond donors (Lipinski definition) is 0. The van der Waals surface area contributed by atoms with Crippen LogP contribution in [0.5, 0.6) is 0 Å². The van der Waals surface area contributed by atoms with Gasteiger partial charge in [0.05, 0.1) is 11.1 Å². The van der Waals surface area contributed by atoms with Crippen molar-refractivity contribution < 1.29 is 14.4 Å². The number of imide groups is 1. The van der Waals surface area contributed by atoms with E-state index in [2.05, 4.69) is 0 Å². The van der Waals surface area contributed by atoms with Crippen molar-refractivity contribution in [2.45, 2.75) is 31.7 Å². The molecule has 5 nitrogen and oxygen atoms in total. The van der Waals surface area contributed by atoms with E-state index in [9.17, 15) is 14.4 Å². The summed E-state index contributed by atoms with van der Waals surface area (Å²) in [5, 5.41) is 0. The van der Waals surface area contributed by atoms with Crippen molar-refractivity contribution in [1.29, 1.82) is 0 Å². The molecule has 2 aliphatic heterocycles. The molecular weight excluding hydrogens is 324 g/mol. The Morgan fingerprint density at radius 1 is 1.08 bits per heavy atom. The highest BCUT2D eigenvalue weighted by molar-refractivity contribution is 7.98. The molecule has 1 atom stereocenters. The molecule has 3 rings (SSSR count). The van der Waals surface area contributed by atoms with Gasteiger partial charge in [0.2, 0.25) is 5.91 Å². The molecule has 0 aliphatic carbocycles. The fourth-order valence-corrected chi connectivity index (χ4v) is 3.87. The molecule has 128 valence electrons. The average Bonchev–Trinajstić information content (AvgIpc) is 2.88. The largest absolute Gasteiger partial charge is 0.341 e. The van der Waals surface area contributed by atoms with E-state index < -0.39 is 6.04 Å². The Kier molecular flexibility index (Phi) is 5.23. The van der Waals surface area contributed by atoms with Crippen LogP contribution in [0.1, 0.15) is 46.4 Å². The summed E-state index contributed by atoms with van der Waals surface area (Å²) in [6.45, 7) is 1.44. The Morgan fingerprint density at radius 2 is 1.67 bits per heavy atom. The lowest BCUT2D eigenvalue weighted by molar-refractivity contribution is -0.136. The van der Waals surface area contributed by atoms with E-state index in [1.54, 1.807) is 36.0 Å². The summed E-state index contributed by atoms with van der Waals surface area (Å²) in [4.78, 5) is 41.5. The molecule has 2 heterocycles. The number of fused-ring (bicyclic) bond motifs is 1. The third kappa shape index (κ3) is 3.07. The van der Waals surface area contributed by atoms with E-state index in [1.807, 2.05) is 11.2 Å². The van der Waals surface area contributed by atoms with Crippen LogP contribution in [0.2, 0.25) is 0 Å². The highest BCUT2D eigenvalue weighted by Gasteiger charge is 2.43. The molecule has 0 N–H and O–H groups in total. The normalized spacial score (nSPS) is 18.7. The Morgan fingerprint density at radius 3 is 2.21 bits per heavy atom. The minimum absolute atomic E-state index is 0.0849. The molecule has 24 heavy (non-hydrogen) atoms. The molecule has 1 fully saturated rings. The number of likely N-dealkylation sites (tertiary alicyclic amines) is 1. The Bertz CT molecular complexity index is 620. The van der Waals surface area contributed by atoms with E-state index in [0.29, 0.717) is 17.5 Å². The second-order valence-corrected chi connectivity index (χ2v) is 7.19. The summed E-state index contributed by atoms with van der Waals surface area (Å²) < 4.78 is 0. The standard InChI is InChI=1S/C18H22N2O3S/c1-24-12-9-15(18(23)19-10-5-2-6-11-19)20-16(21)13-7-3-4-8-14(13)17(20)22/h3-4,7-8,15H,2,5-6,9-12H2,1H3.